The number of ether oxygens (including phenoxy) is 1. The van der Waals surface area contributed by atoms with E-state index in [1.165, 1.54) is 82.0 Å². The van der Waals surface area contributed by atoms with Crippen LogP contribution in [0.25, 0.3) is 0 Å². The van der Waals surface area contributed by atoms with E-state index in [9.17, 15) is 19.2 Å². The zero-order valence-electron chi connectivity index (χ0n) is 36.6. The summed E-state index contributed by atoms with van der Waals surface area (Å²) in [4.78, 5) is 56.8. The summed E-state index contributed by atoms with van der Waals surface area (Å²) in [5.74, 6) is -0.241. The smallest absolute Gasteiger partial charge is 0.305 e. The van der Waals surface area contributed by atoms with Crippen molar-refractivity contribution in [2.75, 3.05) is 45.7 Å². The highest BCUT2D eigenvalue weighted by molar-refractivity contribution is 7.17. The number of anilines is 1. The Kier molecular flexibility index (Phi) is 29.0. The molecule has 2 rings (SSSR count). The predicted molar refractivity (Wildman–Crippen MR) is 239 cm³/mol. The van der Waals surface area contributed by atoms with Gasteiger partial charge >= 0.3 is 5.97 Å². The normalized spacial score (nSPS) is 12.8. The van der Waals surface area contributed by atoms with Crippen LogP contribution in [0.3, 0.4) is 0 Å². The van der Waals surface area contributed by atoms with Crippen LogP contribution in [0, 0.1) is 0 Å². The summed E-state index contributed by atoms with van der Waals surface area (Å²) >= 11 is 1.44. The summed E-state index contributed by atoms with van der Waals surface area (Å²) in [5, 5.41) is 6.68. The third-order valence-electron chi connectivity index (χ3n) is 10.6. The predicted octanol–water partition coefficient (Wildman–Crippen LogP) is 11.3. The maximum atomic E-state index is 13.5. The topological polar surface area (TPSA) is 108 Å². The molecule has 1 aromatic rings. The van der Waals surface area contributed by atoms with Crippen molar-refractivity contribution in [3.05, 3.63) is 40.3 Å². The Morgan fingerprint density at radius 3 is 1.98 bits per heavy atom. The third kappa shape index (κ3) is 23.9. The Morgan fingerprint density at radius 1 is 0.719 bits per heavy atom. The molecule has 0 fully saturated rings. The van der Waals surface area contributed by atoms with E-state index in [0.29, 0.717) is 75.5 Å². The van der Waals surface area contributed by atoms with Crippen molar-refractivity contribution in [2.24, 2.45) is 0 Å². The van der Waals surface area contributed by atoms with Gasteiger partial charge in [0.2, 0.25) is 11.8 Å². The second kappa shape index (κ2) is 32.9. The van der Waals surface area contributed by atoms with Gasteiger partial charge in [0.15, 0.2) is 0 Å². The minimum absolute atomic E-state index is 0.112. The highest BCUT2D eigenvalue weighted by Gasteiger charge is 2.30. The van der Waals surface area contributed by atoms with E-state index in [0.717, 1.165) is 74.6 Å². The highest BCUT2D eigenvalue weighted by atomic mass is 32.1. The zero-order chi connectivity index (χ0) is 41.4. The largest absolute Gasteiger partial charge is 0.466 e. The Labute approximate surface area is 351 Å². The number of esters is 1. The fraction of sp³-hybridized carbons (Fsp3) is 0.745. The summed E-state index contributed by atoms with van der Waals surface area (Å²) in [6.07, 6.45) is 35.4. The molecule has 324 valence electrons. The van der Waals surface area contributed by atoms with Crippen LogP contribution >= 0.6 is 11.3 Å². The number of likely N-dealkylation sites (N-methyl/N-ethyl adjacent to an activating group) is 1. The van der Waals surface area contributed by atoms with Crippen LogP contribution in [0.2, 0.25) is 0 Å². The van der Waals surface area contributed by atoms with E-state index in [1.54, 1.807) is 0 Å². The summed E-state index contributed by atoms with van der Waals surface area (Å²) in [5.41, 5.74) is 1.51. The van der Waals surface area contributed by atoms with Gasteiger partial charge in [0.25, 0.3) is 5.91 Å². The van der Waals surface area contributed by atoms with Gasteiger partial charge in [0, 0.05) is 43.8 Å². The molecule has 0 spiro atoms. The molecule has 3 amide bonds. The number of amides is 3. The van der Waals surface area contributed by atoms with E-state index >= 15 is 0 Å². The highest BCUT2D eigenvalue weighted by Crippen LogP contribution is 2.37. The molecule has 1 aliphatic heterocycles. The van der Waals surface area contributed by atoms with Gasteiger partial charge in [0.05, 0.1) is 18.7 Å². The first-order chi connectivity index (χ1) is 27.8. The number of fused-ring (bicyclic) bond motifs is 1. The number of hydrogen-bond donors (Lipinski definition) is 2. The van der Waals surface area contributed by atoms with Gasteiger partial charge in [-0.25, -0.2) is 0 Å². The van der Waals surface area contributed by atoms with Crippen LogP contribution in [0.5, 0.6) is 0 Å². The zero-order valence-corrected chi connectivity index (χ0v) is 37.4. The SMILES string of the molecule is CCCCC/C=C\C/C=C\CCCCCCCC(=O)N1CCc2c(sc(NC(=O)CCCCCCC(=O)OCCCCCCCCC)c2C(=O)NCCN(C)C)C1. The molecule has 0 aromatic carbocycles. The molecule has 0 bridgehead atoms. The Bertz CT molecular complexity index is 1320. The fourth-order valence-corrected chi connectivity index (χ4v) is 8.36. The van der Waals surface area contributed by atoms with Crippen LogP contribution in [-0.2, 0) is 32.1 Å². The van der Waals surface area contributed by atoms with Gasteiger partial charge in [-0.1, -0.05) is 122 Å². The van der Waals surface area contributed by atoms with Gasteiger partial charge in [0.1, 0.15) is 5.00 Å². The molecule has 0 unspecified atom stereocenters. The molecule has 2 heterocycles. The first-order valence-corrected chi connectivity index (χ1v) is 23.7. The van der Waals surface area contributed by atoms with E-state index < -0.39 is 0 Å². The van der Waals surface area contributed by atoms with E-state index in [2.05, 4.69) is 48.8 Å². The molecule has 0 aliphatic carbocycles. The number of nitrogens with one attached hydrogen (secondary N) is 2. The number of allylic oxidation sites excluding steroid dienone is 4. The minimum atomic E-state index is -0.173. The van der Waals surface area contributed by atoms with E-state index in [-0.39, 0.29) is 23.7 Å². The van der Waals surface area contributed by atoms with Gasteiger partial charge < -0.3 is 25.2 Å². The lowest BCUT2D eigenvalue weighted by atomic mass is 10.0. The number of carbonyl (C=O) groups is 4. The first-order valence-electron chi connectivity index (χ1n) is 22.9. The van der Waals surface area contributed by atoms with Crippen molar-refractivity contribution in [1.82, 2.24) is 15.1 Å². The van der Waals surface area contributed by atoms with Gasteiger partial charge in [-0.05, 0) is 83.9 Å². The second-order valence-electron chi connectivity index (χ2n) is 16.1. The van der Waals surface area contributed by atoms with Crippen LogP contribution in [0.4, 0.5) is 5.00 Å². The quantitative estimate of drug-likeness (QED) is 0.0408. The number of carbonyl (C=O) groups excluding carboxylic acids is 4. The molecule has 9 nitrogen and oxygen atoms in total. The van der Waals surface area contributed by atoms with Crippen LogP contribution in [0.15, 0.2) is 24.3 Å². The Morgan fingerprint density at radius 2 is 1.30 bits per heavy atom. The molecule has 0 saturated carbocycles. The van der Waals surface area contributed by atoms with Crippen molar-refractivity contribution >= 4 is 40.0 Å². The lowest BCUT2D eigenvalue weighted by Crippen LogP contribution is -2.36. The third-order valence-corrected chi connectivity index (χ3v) is 11.8. The standard InChI is InChI=1S/C47H80N4O5S/c1-5-7-9-11-13-14-15-16-17-18-19-20-21-23-28-32-43(53)51-36-34-40-41(39-51)57-47(45(40)46(55)48-35-37-50(3)4)49-42(52)31-27-24-25-29-33-44(54)56-38-30-26-22-12-10-8-6-2/h13-14,16-17H,5-12,15,18-39H2,1-4H3,(H,48,55)(H,49,52)/b14-13-,17-16-. The number of unbranched alkanes of at least 4 members (excludes halogenated alkanes) is 17. The average Bonchev–Trinajstić information content (AvgIpc) is 3.55. The van der Waals surface area contributed by atoms with Gasteiger partial charge in [-0.15, -0.1) is 11.3 Å². The van der Waals surface area contributed by atoms with Crippen molar-refractivity contribution in [3.8, 4) is 0 Å². The summed E-state index contributed by atoms with van der Waals surface area (Å²) in [6.45, 7) is 7.26. The molecule has 1 aromatic heterocycles. The van der Waals surface area contributed by atoms with E-state index in [4.69, 9.17) is 4.74 Å². The van der Waals surface area contributed by atoms with Crippen molar-refractivity contribution in [3.63, 3.8) is 0 Å². The number of thiophene rings is 1. The minimum Gasteiger partial charge on any atom is -0.466 e. The molecule has 1 aliphatic rings. The summed E-state index contributed by atoms with van der Waals surface area (Å²) in [6, 6.07) is 0. The van der Waals surface area contributed by atoms with E-state index in [1.807, 2.05) is 23.9 Å². The van der Waals surface area contributed by atoms with Crippen LogP contribution < -0.4 is 10.6 Å². The average molecular weight is 813 g/mol. The van der Waals surface area contributed by atoms with Crippen molar-refractivity contribution in [2.45, 2.75) is 187 Å². The summed E-state index contributed by atoms with van der Waals surface area (Å²) < 4.78 is 5.40. The van der Waals surface area contributed by atoms with Crippen LogP contribution in [0.1, 0.15) is 195 Å². The summed E-state index contributed by atoms with van der Waals surface area (Å²) in [7, 11) is 3.93. The first kappa shape index (κ1) is 50.2. The molecule has 0 atom stereocenters. The molecule has 57 heavy (non-hydrogen) atoms. The second-order valence-corrected chi connectivity index (χ2v) is 17.2. The molecular formula is C47H80N4O5S. The number of nitrogens with zero attached hydrogens (tertiary/aromatic N) is 2. The van der Waals surface area contributed by atoms with Crippen molar-refractivity contribution < 1.29 is 23.9 Å². The van der Waals surface area contributed by atoms with Crippen LogP contribution in [-0.4, -0.2) is 73.8 Å². The molecular weight excluding hydrogens is 733 g/mol. The lowest BCUT2D eigenvalue weighted by molar-refractivity contribution is -0.144. The Hall–Kier alpha value is -2.98. The molecule has 0 saturated heterocycles. The maximum absolute atomic E-state index is 13.5. The van der Waals surface area contributed by atoms with Gasteiger partial charge in [-0.2, -0.15) is 0 Å². The van der Waals surface area contributed by atoms with Gasteiger partial charge in [-0.3, -0.25) is 19.2 Å². The van der Waals surface area contributed by atoms with Crippen molar-refractivity contribution in [1.29, 1.82) is 0 Å². The maximum Gasteiger partial charge on any atom is 0.305 e. The molecule has 10 heteroatoms. The number of hydrogen-bond acceptors (Lipinski definition) is 7. The Balaban J connectivity index is 1.73. The monoisotopic (exact) mass is 813 g/mol. The fourth-order valence-electron chi connectivity index (χ4n) is 7.09. The molecule has 2 N–H and O–H groups in total. The lowest BCUT2D eigenvalue weighted by Gasteiger charge is -2.27. The molecule has 0 radical (unpaired) electrons. The number of rotatable bonds is 34.